The second-order valence-corrected chi connectivity index (χ2v) is 5.24. The molecular formula is C15H18ClFN4O2. The van der Waals surface area contributed by atoms with Crippen LogP contribution in [0, 0.1) is 5.82 Å². The minimum Gasteiger partial charge on any atom is -0.387 e. The van der Waals surface area contributed by atoms with E-state index in [1.807, 2.05) is 0 Å². The van der Waals surface area contributed by atoms with Crippen LogP contribution in [0.5, 0.6) is 0 Å². The number of carbonyl (C=O) groups is 1. The summed E-state index contributed by atoms with van der Waals surface area (Å²) in [5.41, 5.74) is 2.60. The van der Waals surface area contributed by atoms with Crippen molar-refractivity contribution in [3.63, 3.8) is 0 Å². The lowest BCUT2D eigenvalue weighted by molar-refractivity contribution is 0.0910. The third kappa shape index (κ3) is 3.87. The summed E-state index contributed by atoms with van der Waals surface area (Å²) in [6, 6.07) is 5.68. The predicted octanol–water partition coefficient (Wildman–Crippen LogP) is 1.08. The molecule has 0 bridgehead atoms. The van der Waals surface area contributed by atoms with Gasteiger partial charge in [0.1, 0.15) is 5.82 Å². The van der Waals surface area contributed by atoms with Gasteiger partial charge in [-0.1, -0.05) is 12.1 Å². The molecule has 0 fully saturated rings. The number of halogens is 2. The molecule has 1 amide bonds. The van der Waals surface area contributed by atoms with Gasteiger partial charge in [-0.05, 0) is 17.7 Å². The van der Waals surface area contributed by atoms with Crippen molar-refractivity contribution in [2.75, 3.05) is 13.1 Å². The standard InChI is InChI=1S/C15H17FN4O2.ClH/c16-10-3-1-2-9(6-10)13(21)8-18-15(22)14-11-7-17-5-4-12(11)19-20-14;/h1-3,6,13,17,21H,4-5,7-8H2,(H,18,22)(H,19,20);1H. The van der Waals surface area contributed by atoms with Crippen LogP contribution in [0.15, 0.2) is 24.3 Å². The maximum atomic E-state index is 13.1. The van der Waals surface area contributed by atoms with Gasteiger partial charge in [-0.2, -0.15) is 5.10 Å². The van der Waals surface area contributed by atoms with Gasteiger partial charge in [0.15, 0.2) is 5.69 Å². The van der Waals surface area contributed by atoms with Crippen LogP contribution in [-0.4, -0.2) is 34.3 Å². The Balaban J connectivity index is 0.00000192. The van der Waals surface area contributed by atoms with Gasteiger partial charge in [0, 0.05) is 37.3 Å². The van der Waals surface area contributed by atoms with Gasteiger partial charge >= 0.3 is 0 Å². The highest BCUT2D eigenvalue weighted by molar-refractivity contribution is 5.94. The normalized spacial score (nSPS) is 14.5. The van der Waals surface area contributed by atoms with E-state index in [1.165, 1.54) is 18.2 Å². The summed E-state index contributed by atoms with van der Waals surface area (Å²) >= 11 is 0. The first-order valence-electron chi connectivity index (χ1n) is 7.13. The molecule has 6 nitrogen and oxygen atoms in total. The quantitative estimate of drug-likeness (QED) is 0.670. The number of fused-ring (bicyclic) bond motifs is 1. The molecular weight excluding hydrogens is 323 g/mol. The highest BCUT2D eigenvalue weighted by Gasteiger charge is 2.22. The van der Waals surface area contributed by atoms with Crippen LogP contribution in [0.3, 0.4) is 0 Å². The summed E-state index contributed by atoms with van der Waals surface area (Å²) in [6.45, 7) is 1.45. The van der Waals surface area contributed by atoms with Crippen molar-refractivity contribution in [3.8, 4) is 0 Å². The number of nitrogens with one attached hydrogen (secondary N) is 3. The average Bonchev–Trinajstić information content (AvgIpc) is 2.96. The van der Waals surface area contributed by atoms with E-state index >= 15 is 0 Å². The average molecular weight is 341 g/mol. The van der Waals surface area contributed by atoms with Crippen LogP contribution < -0.4 is 10.6 Å². The molecule has 0 saturated heterocycles. The number of aromatic nitrogens is 2. The van der Waals surface area contributed by atoms with Gasteiger partial charge in [0.2, 0.25) is 0 Å². The Labute approximate surface area is 138 Å². The van der Waals surface area contributed by atoms with Crippen molar-refractivity contribution < 1.29 is 14.3 Å². The summed E-state index contributed by atoms with van der Waals surface area (Å²) < 4.78 is 13.1. The molecule has 3 rings (SSSR count). The Bertz CT molecular complexity index is 692. The van der Waals surface area contributed by atoms with Crippen molar-refractivity contribution >= 4 is 18.3 Å². The maximum absolute atomic E-state index is 13.1. The van der Waals surface area contributed by atoms with Crippen LogP contribution in [0.25, 0.3) is 0 Å². The summed E-state index contributed by atoms with van der Waals surface area (Å²) in [7, 11) is 0. The molecule has 0 spiro atoms. The van der Waals surface area contributed by atoms with Crippen LogP contribution in [0.4, 0.5) is 4.39 Å². The molecule has 1 aliphatic rings. The van der Waals surface area contributed by atoms with Gasteiger partial charge < -0.3 is 15.7 Å². The predicted molar refractivity (Wildman–Crippen MR) is 84.9 cm³/mol. The van der Waals surface area contributed by atoms with E-state index < -0.39 is 11.9 Å². The van der Waals surface area contributed by atoms with Gasteiger partial charge in [-0.15, -0.1) is 12.4 Å². The number of amides is 1. The van der Waals surface area contributed by atoms with Crippen molar-refractivity contribution in [1.82, 2.24) is 20.8 Å². The van der Waals surface area contributed by atoms with Crippen molar-refractivity contribution in [3.05, 3.63) is 52.6 Å². The zero-order chi connectivity index (χ0) is 15.5. The van der Waals surface area contributed by atoms with Crippen molar-refractivity contribution in [1.29, 1.82) is 0 Å². The van der Waals surface area contributed by atoms with Gasteiger partial charge in [-0.3, -0.25) is 9.89 Å². The Hall–Kier alpha value is -1.96. The second kappa shape index (κ2) is 7.54. The van der Waals surface area contributed by atoms with Crippen molar-refractivity contribution in [2.24, 2.45) is 0 Å². The lowest BCUT2D eigenvalue weighted by atomic mass is 10.1. The third-order valence-electron chi connectivity index (χ3n) is 3.71. The number of rotatable bonds is 4. The zero-order valence-electron chi connectivity index (χ0n) is 12.3. The van der Waals surface area contributed by atoms with Crippen molar-refractivity contribution in [2.45, 2.75) is 19.1 Å². The molecule has 2 heterocycles. The zero-order valence-corrected chi connectivity index (χ0v) is 13.1. The first-order valence-corrected chi connectivity index (χ1v) is 7.13. The number of hydrogen-bond donors (Lipinski definition) is 4. The lowest BCUT2D eigenvalue weighted by Gasteiger charge is -2.14. The fourth-order valence-corrected chi connectivity index (χ4v) is 2.52. The molecule has 0 saturated carbocycles. The number of nitrogens with zero attached hydrogens (tertiary/aromatic N) is 1. The van der Waals surface area contributed by atoms with Crippen LogP contribution >= 0.6 is 12.4 Å². The first kappa shape index (κ1) is 17.4. The maximum Gasteiger partial charge on any atom is 0.272 e. The first-order chi connectivity index (χ1) is 10.6. The molecule has 1 atom stereocenters. The fraction of sp³-hybridized carbons (Fsp3) is 0.333. The third-order valence-corrected chi connectivity index (χ3v) is 3.71. The van der Waals surface area contributed by atoms with Gasteiger partial charge in [0.25, 0.3) is 5.91 Å². The van der Waals surface area contributed by atoms with Crippen LogP contribution in [0.2, 0.25) is 0 Å². The molecule has 1 aromatic carbocycles. The summed E-state index contributed by atoms with van der Waals surface area (Å²) in [5, 5.41) is 22.7. The molecule has 1 aromatic heterocycles. The number of hydrogen-bond acceptors (Lipinski definition) is 4. The molecule has 23 heavy (non-hydrogen) atoms. The largest absolute Gasteiger partial charge is 0.387 e. The smallest absolute Gasteiger partial charge is 0.272 e. The van der Waals surface area contributed by atoms with E-state index in [9.17, 15) is 14.3 Å². The van der Waals surface area contributed by atoms with E-state index in [0.717, 1.165) is 24.2 Å². The van der Waals surface area contributed by atoms with E-state index in [0.29, 0.717) is 17.8 Å². The Morgan fingerprint density at radius 1 is 1.48 bits per heavy atom. The Morgan fingerprint density at radius 2 is 2.30 bits per heavy atom. The Kier molecular flexibility index (Phi) is 5.70. The summed E-state index contributed by atoms with van der Waals surface area (Å²) in [6.07, 6.45) is -0.158. The van der Waals surface area contributed by atoms with E-state index in [4.69, 9.17) is 0 Å². The van der Waals surface area contributed by atoms with Gasteiger partial charge in [-0.25, -0.2) is 4.39 Å². The molecule has 8 heteroatoms. The molecule has 0 aliphatic carbocycles. The summed E-state index contributed by atoms with van der Waals surface area (Å²) in [5.74, 6) is -0.771. The Morgan fingerprint density at radius 3 is 3.09 bits per heavy atom. The second-order valence-electron chi connectivity index (χ2n) is 5.24. The number of aliphatic hydroxyl groups excluding tert-OH is 1. The van der Waals surface area contributed by atoms with E-state index in [-0.39, 0.29) is 24.9 Å². The molecule has 1 unspecified atom stereocenters. The van der Waals surface area contributed by atoms with Crippen LogP contribution in [-0.2, 0) is 13.0 Å². The highest BCUT2D eigenvalue weighted by Crippen LogP contribution is 2.16. The molecule has 2 aromatic rings. The molecule has 0 radical (unpaired) electrons. The number of carbonyl (C=O) groups excluding carboxylic acids is 1. The minimum atomic E-state index is -0.965. The topological polar surface area (TPSA) is 90.0 Å². The summed E-state index contributed by atoms with van der Waals surface area (Å²) in [4.78, 5) is 12.2. The number of aromatic amines is 1. The number of H-pyrrole nitrogens is 1. The minimum absolute atomic E-state index is 0. The number of aliphatic hydroxyl groups is 1. The monoisotopic (exact) mass is 340 g/mol. The van der Waals surface area contributed by atoms with Gasteiger partial charge in [0.05, 0.1) is 6.10 Å². The van der Waals surface area contributed by atoms with Crippen LogP contribution in [0.1, 0.15) is 33.4 Å². The lowest BCUT2D eigenvalue weighted by Crippen LogP contribution is -2.31. The number of benzene rings is 1. The molecule has 4 N–H and O–H groups in total. The van der Waals surface area contributed by atoms with E-state index in [1.54, 1.807) is 6.07 Å². The van der Waals surface area contributed by atoms with E-state index in [2.05, 4.69) is 20.8 Å². The molecule has 124 valence electrons. The SMILES string of the molecule is Cl.O=C(NCC(O)c1cccc(F)c1)c1n[nH]c2c1CNCC2. The highest BCUT2D eigenvalue weighted by atomic mass is 35.5. The fourth-order valence-electron chi connectivity index (χ4n) is 2.52. The molecule has 1 aliphatic heterocycles.